The van der Waals surface area contributed by atoms with Crippen LogP contribution in [0.3, 0.4) is 0 Å². The van der Waals surface area contributed by atoms with E-state index in [1.165, 1.54) is 0 Å². The number of nitrogens with zero attached hydrogens (tertiary/aromatic N) is 1. The van der Waals surface area contributed by atoms with Crippen molar-refractivity contribution in [1.82, 2.24) is 10.2 Å². The zero-order chi connectivity index (χ0) is 22.4. The van der Waals surface area contributed by atoms with Crippen molar-refractivity contribution in [2.75, 3.05) is 0 Å². The van der Waals surface area contributed by atoms with Gasteiger partial charge in [0.1, 0.15) is 6.04 Å². The lowest BCUT2D eigenvalue weighted by Crippen LogP contribution is -2.51. The fourth-order valence-corrected chi connectivity index (χ4v) is 4.66. The number of carbonyl (C=O) groups is 2. The quantitative estimate of drug-likeness (QED) is 0.548. The Balaban J connectivity index is 1.86. The van der Waals surface area contributed by atoms with Crippen LogP contribution >= 0.6 is 23.2 Å². The zero-order valence-corrected chi connectivity index (χ0v) is 19.7. The fraction of sp³-hybridized carbons (Fsp3) is 0.440. The maximum Gasteiger partial charge on any atom is 0.243 e. The molecule has 166 valence electrons. The van der Waals surface area contributed by atoms with E-state index in [1.807, 2.05) is 44.2 Å². The molecule has 0 saturated heterocycles. The van der Waals surface area contributed by atoms with Crippen LogP contribution in [0.4, 0.5) is 0 Å². The Morgan fingerprint density at radius 2 is 1.81 bits per heavy atom. The summed E-state index contributed by atoms with van der Waals surface area (Å²) < 4.78 is 0. The van der Waals surface area contributed by atoms with Crippen molar-refractivity contribution in [3.8, 4) is 0 Å². The van der Waals surface area contributed by atoms with E-state index in [0.29, 0.717) is 16.5 Å². The van der Waals surface area contributed by atoms with E-state index in [0.717, 1.165) is 42.4 Å². The summed E-state index contributed by atoms with van der Waals surface area (Å²) in [5.41, 5.74) is 2.80. The average Bonchev–Trinajstić information content (AvgIpc) is 3.24. The van der Waals surface area contributed by atoms with E-state index in [2.05, 4.69) is 5.32 Å². The third-order valence-electron chi connectivity index (χ3n) is 6.05. The van der Waals surface area contributed by atoms with Crippen LogP contribution in [0, 0.1) is 6.92 Å². The molecule has 1 fully saturated rings. The molecule has 0 heterocycles. The summed E-state index contributed by atoms with van der Waals surface area (Å²) in [5, 5.41) is 4.20. The van der Waals surface area contributed by atoms with Gasteiger partial charge in [-0.2, -0.15) is 0 Å². The van der Waals surface area contributed by atoms with Crippen LogP contribution in [0.25, 0.3) is 0 Å². The molecule has 1 saturated carbocycles. The Morgan fingerprint density at radius 1 is 1.10 bits per heavy atom. The molecule has 31 heavy (non-hydrogen) atoms. The molecule has 0 aromatic heterocycles. The molecule has 0 spiro atoms. The first kappa shape index (κ1) is 23.6. The van der Waals surface area contributed by atoms with E-state index in [1.54, 1.807) is 17.0 Å². The van der Waals surface area contributed by atoms with Gasteiger partial charge in [-0.1, -0.05) is 73.3 Å². The molecule has 6 heteroatoms. The Labute approximate surface area is 194 Å². The van der Waals surface area contributed by atoms with Crippen molar-refractivity contribution in [3.63, 3.8) is 0 Å². The summed E-state index contributed by atoms with van der Waals surface area (Å²) in [5.74, 6) is -0.175. The smallest absolute Gasteiger partial charge is 0.243 e. The summed E-state index contributed by atoms with van der Waals surface area (Å²) in [6.07, 6.45) is 5.05. The van der Waals surface area contributed by atoms with Crippen LogP contribution in [0.15, 0.2) is 42.5 Å². The predicted molar refractivity (Wildman–Crippen MR) is 126 cm³/mol. The number of benzene rings is 2. The van der Waals surface area contributed by atoms with Crippen molar-refractivity contribution in [3.05, 3.63) is 69.2 Å². The first-order valence-corrected chi connectivity index (χ1v) is 11.7. The largest absolute Gasteiger partial charge is 0.352 e. The second-order valence-electron chi connectivity index (χ2n) is 8.27. The van der Waals surface area contributed by atoms with Gasteiger partial charge in [-0.05, 0) is 55.0 Å². The van der Waals surface area contributed by atoms with Gasteiger partial charge in [0, 0.05) is 22.6 Å². The van der Waals surface area contributed by atoms with Crippen molar-refractivity contribution < 1.29 is 9.59 Å². The van der Waals surface area contributed by atoms with Crippen LogP contribution in [-0.4, -0.2) is 28.8 Å². The van der Waals surface area contributed by atoms with Gasteiger partial charge < -0.3 is 10.2 Å². The Hall–Kier alpha value is -2.04. The number of halogens is 2. The number of hydrogen-bond donors (Lipinski definition) is 1. The third-order valence-corrected chi connectivity index (χ3v) is 6.63. The summed E-state index contributed by atoms with van der Waals surface area (Å²) >= 11 is 12.5. The minimum atomic E-state index is -0.552. The lowest BCUT2D eigenvalue weighted by molar-refractivity contribution is -0.141. The van der Waals surface area contributed by atoms with Gasteiger partial charge >= 0.3 is 0 Å². The van der Waals surface area contributed by atoms with Gasteiger partial charge in [-0.25, -0.2) is 0 Å². The molecule has 0 radical (unpaired) electrons. The highest BCUT2D eigenvalue weighted by Crippen LogP contribution is 2.25. The van der Waals surface area contributed by atoms with Gasteiger partial charge in [0.05, 0.1) is 6.42 Å². The van der Waals surface area contributed by atoms with Crippen LogP contribution in [0.1, 0.15) is 55.7 Å². The first-order chi connectivity index (χ1) is 14.9. The Kier molecular flexibility index (Phi) is 8.39. The lowest BCUT2D eigenvalue weighted by atomic mass is 10.0. The topological polar surface area (TPSA) is 49.4 Å². The summed E-state index contributed by atoms with van der Waals surface area (Å²) in [4.78, 5) is 28.3. The van der Waals surface area contributed by atoms with Crippen LogP contribution in [-0.2, 0) is 22.6 Å². The molecule has 2 aromatic rings. The summed E-state index contributed by atoms with van der Waals surface area (Å²) in [7, 11) is 0. The van der Waals surface area contributed by atoms with E-state index in [9.17, 15) is 9.59 Å². The number of amides is 2. The van der Waals surface area contributed by atoms with Gasteiger partial charge in [0.15, 0.2) is 0 Å². The van der Waals surface area contributed by atoms with E-state index in [4.69, 9.17) is 23.2 Å². The van der Waals surface area contributed by atoms with E-state index < -0.39 is 6.04 Å². The highest BCUT2D eigenvalue weighted by Gasteiger charge is 2.31. The second-order valence-corrected chi connectivity index (χ2v) is 9.12. The standard InChI is InChI=1S/C25H30Cl2N2O2/c1-3-23(25(31)28-21-10-6-7-11-21)29(16-19-12-13-20(26)15-22(19)27)24(30)14-18-9-5-4-8-17(18)2/h4-5,8-9,12-13,15,21,23H,3,6-7,10-11,14,16H2,1-2H3,(H,28,31)/t23-/m1/s1. The molecule has 0 aliphatic heterocycles. The molecular weight excluding hydrogens is 431 g/mol. The maximum atomic E-state index is 13.5. The first-order valence-electron chi connectivity index (χ1n) is 11.0. The molecule has 4 nitrogen and oxygen atoms in total. The highest BCUT2D eigenvalue weighted by molar-refractivity contribution is 6.35. The number of aryl methyl sites for hydroxylation is 1. The minimum absolute atomic E-state index is 0.0855. The van der Waals surface area contributed by atoms with Crippen LogP contribution in [0.2, 0.25) is 10.0 Å². The van der Waals surface area contributed by atoms with Crippen LogP contribution in [0.5, 0.6) is 0 Å². The third kappa shape index (κ3) is 6.24. The van der Waals surface area contributed by atoms with Crippen molar-refractivity contribution in [2.45, 2.75) is 71.0 Å². The van der Waals surface area contributed by atoms with Gasteiger partial charge in [0.2, 0.25) is 11.8 Å². The SMILES string of the molecule is CC[C@H](C(=O)NC1CCCC1)N(Cc1ccc(Cl)cc1Cl)C(=O)Cc1ccccc1C. The van der Waals surface area contributed by atoms with Gasteiger partial charge in [0.25, 0.3) is 0 Å². The number of hydrogen-bond acceptors (Lipinski definition) is 2. The molecule has 0 unspecified atom stereocenters. The van der Waals surface area contributed by atoms with E-state index in [-0.39, 0.29) is 30.8 Å². The van der Waals surface area contributed by atoms with Crippen molar-refractivity contribution in [1.29, 1.82) is 0 Å². The average molecular weight is 461 g/mol. The van der Waals surface area contributed by atoms with Crippen molar-refractivity contribution >= 4 is 35.0 Å². The zero-order valence-electron chi connectivity index (χ0n) is 18.2. The molecule has 1 atom stereocenters. The molecule has 1 aliphatic rings. The normalized spacial score (nSPS) is 15.0. The fourth-order valence-electron chi connectivity index (χ4n) is 4.19. The molecule has 0 bridgehead atoms. The second kappa shape index (κ2) is 11.0. The number of rotatable bonds is 8. The van der Waals surface area contributed by atoms with Gasteiger partial charge in [-0.3, -0.25) is 9.59 Å². The monoisotopic (exact) mass is 460 g/mol. The molecular formula is C25H30Cl2N2O2. The predicted octanol–water partition coefficient (Wildman–Crippen LogP) is 5.71. The lowest BCUT2D eigenvalue weighted by Gasteiger charge is -2.32. The molecule has 1 aliphatic carbocycles. The minimum Gasteiger partial charge on any atom is -0.352 e. The number of carbonyl (C=O) groups excluding carboxylic acids is 2. The number of nitrogens with one attached hydrogen (secondary N) is 1. The van der Waals surface area contributed by atoms with Gasteiger partial charge in [-0.15, -0.1) is 0 Å². The summed E-state index contributed by atoms with van der Waals surface area (Å²) in [6.45, 7) is 4.20. The van der Waals surface area contributed by atoms with E-state index >= 15 is 0 Å². The Bertz CT molecular complexity index is 925. The molecule has 2 amide bonds. The molecule has 3 rings (SSSR count). The highest BCUT2D eigenvalue weighted by atomic mass is 35.5. The maximum absolute atomic E-state index is 13.5. The summed E-state index contributed by atoms with van der Waals surface area (Å²) in [6, 6.07) is 12.7. The Morgan fingerprint density at radius 3 is 2.45 bits per heavy atom. The molecule has 2 aromatic carbocycles. The van der Waals surface area contributed by atoms with Crippen molar-refractivity contribution in [2.24, 2.45) is 0 Å². The van der Waals surface area contributed by atoms with Crippen LogP contribution < -0.4 is 5.32 Å². The molecule has 1 N–H and O–H groups in total.